The molecule has 0 radical (unpaired) electrons. The Morgan fingerprint density at radius 2 is 1.77 bits per heavy atom. The van der Waals surface area contributed by atoms with Gasteiger partial charge in [0.2, 0.25) is 0 Å². The van der Waals surface area contributed by atoms with Crippen LogP contribution in [-0.2, 0) is 4.79 Å². The molecule has 0 aliphatic carbocycles. The van der Waals surface area contributed by atoms with Gasteiger partial charge in [0.1, 0.15) is 11.6 Å². The van der Waals surface area contributed by atoms with E-state index in [4.69, 9.17) is 4.74 Å². The molecule has 1 N–H and O–H groups in total. The second-order valence-electron chi connectivity index (χ2n) is 6.56. The molecule has 0 bridgehead atoms. The quantitative estimate of drug-likeness (QED) is 0.912. The van der Waals surface area contributed by atoms with Crippen LogP contribution in [-0.4, -0.2) is 42.1 Å². The number of aliphatic carboxylic acids is 1. The Hall–Kier alpha value is -2.89. The van der Waals surface area contributed by atoms with Crippen molar-refractivity contribution in [3.8, 4) is 16.9 Å². The van der Waals surface area contributed by atoms with E-state index in [-0.39, 0.29) is 18.0 Å². The number of ether oxygens (including phenoxy) is 1. The maximum absolute atomic E-state index is 14.5. The molecule has 1 amide bonds. The zero-order chi connectivity index (χ0) is 18.8. The van der Waals surface area contributed by atoms with Crippen molar-refractivity contribution in [3.05, 3.63) is 53.8 Å². The number of nitrogens with zero attached hydrogens (tertiary/aromatic N) is 1. The average Bonchev–Trinajstić information content (AvgIpc) is 3.03. The first-order chi connectivity index (χ1) is 12.4. The third-order valence-electron chi connectivity index (χ3n) is 4.84. The summed E-state index contributed by atoms with van der Waals surface area (Å²) < 4.78 is 19.7. The summed E-state index contributed by atoms with van der Waals surface area (Å²) in [7, 11) is 1.57. The number of carbonyl (C=O) groups excluding carboxylic acids is 1. The first kappa shape index (κ1) is 17.9. The molecule has 0 aromatic heterocycles. The molecular weight excluding hydrogens is 337 g/mol. The molecule has 2 aromatic carbocycles. The number of rotatable bonds is 4. The number of carbonyl (C=O) groups is 2. The van der Waals surface area contributed by atoms with E-state index in [1.165, 1.54) is 17.0 Å². The lowest BCUT2D eigenvalue weighted by Crippen LogP contribution is -2.30. The molecule has 6 heteroatoms. The van der Waals surface area contributed by atoms with Crippen molar-refractivity contribution in [2.45, 2.75) is 6.92 Å². The third kappa shape index (κ3) is 3.40. The van der Waals surface area contributed by atoms with Crippen LogP contribution in [0.4, 0.5) is 4.39 Å². The molecule has 2 atom stereocenters. The largest absolute Gasteiger partial charge is 0.497 e. The van der Waals surface area contributed by atoms with E-state index < -0.39 is 23.6 Å². The van der Waals surface area contributed by atoms with E-state index in [9.17, 15) is 19.1 Å². The molecule has 1 aliphatic heterocycles. The molecule has 0 saturated carbocycles. The van der Waals surface area contributed by atoms with Gasteiger partial charge >= 0.3 is 5.97 Å². The van der Waals surface area contributed by atoms with Gasteiger partial charge in [-0.25, -0.2) is 4.39 Å². The second-order valence-corrected chi connectivity index (χ2v) is 6.56. The summed E-state index contributed by atoms with van der Waals surface area (Å²) in [6.07, 6.45) is 0. The van der Waals surface area contributed by atoms with Crippen LogP contribution in [0, 0.1) is 17.7 Å². The highest BCUT2D eigenvalue weighted by molar-refractivity contribution is 5.95. The number of carboxylic acids is 1. The molecular formula is C20H20FNO4. The highest BCUT2D eigenvalue weighted by Crippen LogP contribution is 2.28. The highest BCUT2D eigenvalue weighted by atomic mass is 19.1. The fourth-order valence-electron chi connectivity index (χ4n) is 3.28. The first-order valence-electron chi connectivity index (χ1n) is 8.36. The molecule has 1 aliphatic rings. The van der Waals surface area contributed by atoms with Crippen molar-refractivity contribution in [2.75, 3.05) is 20.2 Å². The molecule has 0 unspecified atom stereocenters. The van der Waals surface area contributed by atoms with Crippen LogP contribution in [0.25, 0.3) is 11.1 Å². The summed E-state index contributed by atoms with van der Waals surface area (Å²) in [6.45, 7) is 2.21. The van der Waals surface area contributed by atoms with Gasteiger partial charge in [0, 0.05) is 13.1 Å². The fraction of sp³-hybridized carbons (Fsp3) is 0.300. The van der Waals surface area contributed by atoms with Crippen molar-refractivity contribution < 1.29 is 23.8 Å². The van der Waals surface area contributed by atoms with Gasteiger partial charge in [-0.3, -0.25) is 9.59 Å². The first-order valence-corrected chi connectivity index (χ1v) is 8.36. The summed E-state index contributed by atoms with van der Waals surface area (Å²) in [6, 6.07) is 11.7. The smallest absolute Gasteiger partial charge is 0.308 e. The van der Waals surface area contributed by atoms with Gasteiger partial charge in [-0.1, -0.05) is 25.1 Å². The number of halogens is 1. The van der Waals surface area contributed by atoms with Gasteiger partial charge in [0.15, 0.2) is 0 Å². The van der Waals surface area contributed by atoms with E-state index in [0.717, 1.165) is 5.56 Å². The molecule has 1 saturated heterocycles. The van der Waals surface area contributed by atoms with Crippen molar-refractivity contribution in [1.29, 1.82) is 0 Å². The molecule has 1 heterocycles. The van der Waals surface area contributed by atoms with E-state index >= 15 is 0 Å². The monoisotopic (exact) mass is 357 g/mol. The van der Waals surface area contributed by atoms with Crippen LogP contribution in [0.15, 0.2) is 42.5 Å². The molecule has 2 aromatic rings. The number of hydrogen-bond acceptors (Lipinski definition) is 3. The topological polar surface area (TPSA) is 66.8 Å². The normalized spacial score (nSPS) is 19.4. The van der Waals surface area contributed by atoms with Crippen LogP contribution < -0.4 is 4.74 Å². The molecule has 26 heavy (non-hydrogen) atoms. The summed E-state index contributed by atoms with van der Waals surface area (Å²) in [5.41, 5.74) is 1.42. The predicted octanol–water partition coefficient (Wildman–Crippen LogP) is 3.29. The van der Waals surface area contributed by atoms with Gasteiger partial charge in [-0.2, -0.15) is 0 Å². The number of carboxylic acid groups (broad SMARTS) is 1. The Labute approximate surface area is 151 Å². The zero-order valence-corrected chi connectivity index (χ0v) is 14.6. The Kier molecular flexibility index (Phi) is 4.93. The van der Waals surface area contributed by atoms with E-state index in [1.54, 1.807) is 32.2 Å². The van der Waals surface area contributed by atoms with Crippen molar-refractivity contribution in [2.24, 2.45) is 11.8 Å². The molecule has 136 valence electrons. The fourth-order valence-corrected chi connectivity index (χ4v) is 3.28. The zero-order valence-electron chi connectivity index (χ0n) is 14.6. The lowest BCUT2D eigenvalue weighted by Gasteiger charge is -2.17. The number of likely N-dealkylation sites (tertiary alicyclic amines) is 1. The van der Waals surface area contributed by atoms with Gasteiger partial charge in [-0.15, -0.1) is 0 Å². The maximum Gasteiger partial charge on any atom is 0.308 e. The van der Waals surface area contributed by atoms with Gasteiger partial charge < -0.3 is 14.7 Å². The molecule has 5 nitrogen and oxygen atoms in total. The van der Waals surface area contributed by atoms with Crippen molar-refractivity contribution in [3.63, 3.8) is 0 Å². The lowest BCUT2D eigenvalue weighted by atomic mass is 9.99. The predicted molar refractivity (Wildman–Crippen MR) is 94.6 cm³/mol. The Balaban J connectivity index is 1.81. The Morgan fingerprint density at radius 1 is 1.12 bits per heavy atom. The minimum atomic E-state index is -0.928. The number of benzene rings is 2. The molecule has 0 spiro atoms. The number of hydrogen-bond donors (Lipinski definition) is 1. The van der Waals surface area contributed by atoms with Crippen molar-refractivity contribution >= 4 is 11.9 Å². The van der Waals surface area contributed by atoms with Gasteiger partial charge in [-0.05, 0) is 41.3 Å². The minimum absolute atomic E-state index is 0.0412. The average molecular weight is 357 g/mol. The Bertz CT molecular complexity index is 834. The van der Waals surface area contributed by atoms with Crippen LogP contribution in [0.2, 0.25) is 0 Å². The summed E-state index contributed by atoms with van der Waals surface area (Å²) in [5, 5.41) is 9.19. The minimum Gasteiger partial charge on any atom is -0.497 e. The number of amides is 1. The van der Waals surface area contributed by atoms with Gasteiger partial charge in [0.25, 0.3) is 5.91 Å². The summed E-state index contributed by atoms with van der Waals surface area (Å²) >= 11 is 0. The van der Waals surface area contributed by atoms with Crippen LogP contribution in [0.3, 0.4) is 0 Å². The van der Waals surface area contributed by atoms with Gasteiger partial charge in [0.05, 0.1) is 18.6 Å². The standard InChI is InChI=1S/C20H20FNO4/c1-12-10-22(11-17(12)20(24)25)19(23)16-8-5-14(9-18(16)21)13-3-6-15(26-2)7-4-13/h3-9,12,17H,10-11H2,1-2H3,(H,24,25)/t12-,17-/m1/s1. The summed E-state index contributed by atoms with van der Waals surface area (Å²) in [5.74, 6) is -2.08. The van der Waals surface area contributed by atoms with Crippen LogP contribution in [0.1, 0.15) is 17.3 Å². The molecule has 3 rings (SSSR count). The van der Waals surface area contributed by atoms with E-state index in [0.29, 0.717) is 17.9 Å². The van der Waals surface area contributed by atoms with E-state index in [1.807, 2.05) is 12.1 Å². The Morgan fingerprint density at radius 3 is 2.31 bits per heavy atom. The van der Waals surface area contributed by atoms with Crippen LogP contribution >= 0.6 is 0 Å². The SMILES string of the molecule is COc1ccc(-c2ccc(C(=O)N3C[C@@H](C)[C@H](C(=O)O)C3)c(F)c2)cc1. The number of methoxy groups -OCH3 is 1. The second kappa shape index (κ2) is 7.15. The maximum atomic E-state index is 14.5. The summed E-state index contributed by atoms with van der Waals surface area (Å²) in [4.78, 5) is 25.2. The molecule has 1 fully saturated rings. The van der Waals surface area contributed by atoms with E-state index in [2.05, 4.69) is 0 Å². The highest BCUT2D eigenvalue weighted by Gasteiger charge is 2.37. The van der Waals surface area contributed by atoms with Crippen molar-refractivity contribution in [1.82, 2.24) is 4.90 Å². The third-order valence-corrected chi connectivity index (χ3v) is 4.84. The lowest BCUT2D eigenvalue weighted by molar-refractivity contribution is -0.142. The van der Waals surface area contributed by atoms with Crippen LogP contribution in [0.5, 0.6) is 5.75 Å².